The number of hydrogen-bond acceptors (Lipinski definition) is 3. The number of rotatable bonds is 4. The lowest BCUT2D eigenvalue weighted by Crippen LogP contribution is -2.06. The summed E-state index contributed by atoms with van der Waals surface area (Å²) in [6, 6.07) is 5.95. The van der Waals surface area contributed by atoms with Gasteiger partial charge in [0.2, 0.25) is 0 Å². The van der Waals surface area contributed by atoms with E-state index >= 15 is 0 Å². The zero-order valence-electron chi connectivity index (χ0n) is 8.07. The average Bonchev–Trinajstić information content (AvgIpc) is 2.17. The predicted molar refractivity (Wildman–Crippen MR) is 48.8 cm³/mol. The second-order valence-corrected chi connectivity index (χ2v) is 2.78. The van der Waals surface area contributed by atoms with Crippen LogP contribution in [0.2, 0.25) is 0 Å². The quantitative estimate of drug-likeness (QED) is 0.722. The van der Waals surface area contributed by atoms with Crippen molar-refractivity contribution in [3.63, 3.8) is 0 Å². The van der Waals surface area contributed by atoms with Crippen LogP contribution < -0.4 is 4.74 Å². The Balaban J connectivity index is 2.69. The van der Waals surface area contributed by atoms with Crippen molar-refractivity contribution < 1.29 is 23.0 Å². The van der Waals surface area contributed by atoms with Crippen molar-refractivity contribution in [3.8, 4) is 5.75 Å². The smallest absolute Gasteiger partial charge is 0.387 e. The van der Waals surface area contributed by atoms with Gasteiger partial charge in [-0.15, -0.1) is 0 Å². The van der Waals surface area contributed by atoms with Crippen LogP contribution in [0, 0.1) is 0 Å². The molecule has 1 aromatic rings. The Morgan fingerprint density at radius 3 is 2.80 bits per heavy atom. The molecule has 82 valence electrons. The molecule has 0 atom stereocenters. The molecule has 0 amide bonds. The third-order valence-electron chi connectivity index (χ3n) is 1.70. The first kappa shape index (κ1) is 11.4. The Kier molecular flexibility index (Phi) is 4.03. The molecule has 0 unspecified atom stereocenters. The SMILES string of the molecule is COC(=O)Cc1cccc(OC(F)F)c1. The van der Waals surface area contributed by atoms with Gasteiger partial charge < -0.3 is 9.47 Å². The number of hydrogen-bond donors (Lipinski definition) is 0. The highest BCUT2D eigenvalue weighted by molar-refractivity contribution is 5.72. The molecule has 0 fully saturated rings. The van der Waals surface area contributed by atoms with Gasteiger partial charge in [-0.05, 0) is 17.7 Å². The molecule has 0 radical (unpaired) electrons. The minimum absolute atomic E-state index is 0.0337. The van der Waals surface area contributed by atoms with Crippen molar-refractivity contribution in [2.75, 3.05) is 7.11 Å². The zero-order chi connectivity index (χ0) is 11.3. The first-order chi connectivity index (χ1) is 7.11. The van der Waals surface area contributed by atoms with Crippen LogP contribution in [0.4, 0.5) is 8.78 Å². The summed E-state index contributed by atoms with van der Waals surface area (Å²) in [5, 5.41) is 0. The van der Waals surface area contributed by atoms with Crippen molar-refractivity contribution in [3.05, 3.63) is 29.8 Å². The van der Waals surface area contributed by atoms with Crippen molar-refractivity contribution in [2.24, 2.45) is 0 Å². The molecule has 0 heterocycles. The van der Waals surface area contributed by atoms with Crippen LogP contribution in [0.3, 0.4) is 0 Å². The lowest BCUT2D eigenvalue weighted by atomic mass is 10.1. The summed E-state index contributed by atoms with van der Waals surface area (Å²) in [4.78, 5) is 10.9. The fourth-order valence-corrected chi connectivity index (χ4v) is 1.07. The van der Waals surface area contributed by atoms with Gasteiger partial charge in [0.05, 0.1) is 13.5 Å². The Hall–Kier alpha value is -1.65. The van der Waals surface area contributed by atoms with E-state index in [4.69, 9.17) is 0 Å². The number of ether oxygens (including phenoxy) is 2. The molecule has 0 N–H and O–H groups in total. The van der Waals surface area contributed by atoms with E-state index in [0.717, 1.165) is 0 Å². The topological polar surface area (TPSA) is 35.5 Å². The number of carbonyl (C=O) groups is 1. The standard InChI is InChI=1S/C10H10F2O3/c1-14-9(13)6-7-3-2-4-8(5-7)15-10(11)12/h2-5,10H,6H2,1H3. The minimum atomic E-state index is -2.86. The van der Waals surface area contributed by atoms with Gasteiger partial charge in [0.15, 0.2) is 0 Å². The summed E-state index contributed by atoms with van der Waals surface area (Å²) in [5.41, 5.74) is 0.569. The summed E-state index contributed by atoms with van der Waals surface area (Å²) >= 11 is 0. The molecular formula is C10H10F2O3. The predicted octanol–water partition coefficient (Wildman–Crippen LogP) is 2.00. The molecule has 0 aliphatic carbocycles. The fraction of sp³-hybridized carbons (Fsp3) is 0.300. The van der Waals surface area contributed by atoms with Crippen molar-refractivity contribution in [1.82, 2.24) is 0 Å². The Bertz CT molecular complexity index is 339. The van der Waals surface area contributed by atoms with E-state index in [-0.39, 0.29) is 12.2 Å². The molecule has 0 aliphatic rings. The molecule has 1 aromatic carbocycles. The molecule has 5 heteroatoms. The molecule has 0 aromatic heterocycles. The average molecular weight is 216 g/mol. The molecule has 1 rings (SSSR count). The van der Waals surface area contributed by atoms with Crippen LogP contribution in [-0.2, 0) is 16.0 Å². The molecule has 0 aliphatic heterocycles. The second kappa shape index (κ2) is 5.29. The molecule has 0 bridgehead atoms. The largest absolute Gasteiger partial charge is 0.469 e. The highest BCUT2D eigenvalue weighted by Crippen LogP contribution is 2.16. The Morgan fingerprint density at radius 2 is 2.20 bits per heavy atom. The summed E-state index contributed by atoms with van der Waals surface area (Å²) in [7, 11) is 1.27. The lowest BCUT2D eigenvalue weighted by Gasteiger charge is -2.05. The number of halogens is 2. The first-order valence-electron chi connectivity index (χ1n) is 4.22. The molecule has 0 spiro atoms. The maximum atomic E-state index is 11.9. The van der Waals surface area contributed by atoms with E-state index in [1.54, 1.807) is 6.07 Å². The van der Waals surface area contributed by atoms with E-state index in [1.165, 1.54) is 25.3 Å². The maximum absolute atomic E-state index is 11.9. The maximum Gasteiger partial charge on any atom is 0.387 e. The van der Waals surface area contributed by atoms with Gasteiger partial charge in [0.1, 0.15) is 5.75 Å². The fourth-order valence-electron chi connectivity index (χ4n) is 1.07. The summed E-state index contributed by atoms with van der Waals surface area (Å²) in [5.74, 6) is -0.393. The van der Waals surface area contributed by atoms with Crippen LogP contribution in [0.5, 0.6) is 5.75 Å². The summed E-state index contributed by atoms with van der Waals surface area (Å²) in [6.07, 6.45) is 0.0386. The minimum Gasteiger partial charge on any atom is -0.469 e. The van der Waals surface area contributed by atoms with Gasteiger partial charge in [0, 0.05) is 0 Å². The summed E-state index contributed by atoms with van der Waals surface area (Å²) < 4.78 is 32.4. The Morgan fingerprint density at radius 1 is 1.47 bits per heavy atom. The highest BCUT2D eigenvalue weighted by Gasteiger charge is 2.07. The van der Waals surface area contributed by atoms with E-state index in [1.807, 2.05) is 0 Å². The van der Waals surface area contributed by atoms with Gasteiger partial charge in [0.25, 0.3) is 0 Å². The lowest BCUT2D eigenvalue weighted by molar-refractivity contribution is -0.139. The number of carbonyl (C=O) groups excluding carboxylic acids is 1. The van der Waals surface area contributed by atoms with Crippen LogP contribution in [-0.4, -0.2) is 19.7 Å². The number of alkyl halides is 2. The van der Waals surface area contributed by atoms with E-state index in [0.29, 0.717) is 5.56 Å². The van der Waals surface area contributed by atoms with Crippen LogP contribution >= 0.6 is 0 Å². The van der Waals surface area contributed by atoms with Gasteiger partial charge in [-0.1, -0.05) is 12.1 Å². The second-order valence-electron chi connectivity index (χ2n) is 2.78. The van der Waals surface area contributed by atoms with E-state index in [9.17, 15) is 13.6 Å². The number of benzene rings is 1. The Labute approximate surface area is 85.6 Å². The third-order valence-corrected chi connectivity index (χ3v) is 1.70. The third kappa shape index (κ3) is 3.93. The zero-order valence-corrected chi connectivity index (χ0v) is 8.07. The van der Waals surface area contributed by atoms with Crippen molar-refractivity contribution >= 4 is 5.97 Å². The van der Waals surface area contributed by atoms with Gasteiger partial charge in [-0.2, -0.15) is 8.78 Å². The monoisotopic (exact) mass is 216 g/mol. The molecule has 0 saturated heterocycles. The van der Waals surface area contributed by atoms with Crippen LogP contribution in [0.1, 0.15) is 5.56 Å². The van der Waals surface area contributed by atoms with E-state index < -0.39 is 12.6 Å². The van der Waals surface area contributed by atoms with Crippen molar-refractivity contribution in [2.45, 2.75) is 13.0 Å². The van der Waals surface area contributed by atoms with Gasteiger partial charge in [-0.25, -0.2) is 0 Å². The van der Waals surface area contributed by atoms with Gasteiger partial charge >= 0.3 is 12.6 Å². The van der Waals surface area contributed by atoms with Gasteiger partial charge in [-0.3, -0.25) is 4.79 Å². The normalized spacial score (nSPS) is 10.1. The molecular weight excluding hydrogens is 206 g/mol. The molecule has 3 nitrogen and oxygen atoms in total. The summed E-state index contributed by atoms with van der Waals surface area (Å²) in [6.45, 7) is -2.86. The number of methoxy groups -OCH3 is 1. The highest BCUT2D eigenvalue weighted by atomic mass is 19.3. The molecule has 15 heavy (non-hydrogen) atoms. The van der Waals surface area contributed by atoms with E-state index in [2.05, 4.69) is 9.47 Å². The molecule has 0 saturated carbocycles. The van der Waals surface area contributed by atoms with Crippen LogP contribution in [0.25, 0.3) is 0 Å². The van der Waals surface area contributed by atoms with Crippen molar-refractivity contribution in [1.29, 1.82) is 0 Å². The number of esters is 1. The first-order valence-corrected chi connectivity index (χ1v) is 4.22. The van der Waals surface area contributed by atoms with Crippen LogP contribution in [0.15, 0.2) is 24.3 Å².